The summed E-state index contributed by atoms with van der Waals surface area (Å²) in [6, 6.07) is 6.39. The number of hydrogen-bond donors (Lipinski definition) is 1. The third-order valence-electron chi connectivity index (χ3n) is 3.43. The summed E-state index contributed by atoms with van der Waals surface area (Å²) in [4.78, 5) is 0. The van der Waals surface area contributed by atoms with Crippen LogP contribution < -0.4 is 10.1 Å². The summed E-state index contributed by atoms with van der Waals surface area (Å²) in [5.41, 5.74) is 4.87. The maximum Gasteiger partial charge on any atom is 0.125 e. The van der Waals surface area contributed by atoms with E-state index < -0.39 is 0 Å². The van der Waals surface area contributed by atoms with Crippen molar-refractivity contribution >= 4 is 0 Å². The molecule has 20 heavy (non-hydrogen) atoms. The topological polar surface area (TPSA) is 39.1 Å². The fourth-order valence-electron chi connectivity index (χ4n) is 2.48. The quantitative estimate of drug-likeness (QED) is 0.878. The first-order valence-corrected chi connectivity index (χ1v) is 6.96. The predicted octanol–water partition coefficient (Wildman–Crippen LogP) is 2.38. The molecule has 0 bridgehead atoms. The van der Waals surface area contributed by atoms with E-state index in [-0.39, 0.29) is 0 Å². The lowest BCUT2D eigenvalue weighted by atomic mass is 10.1. The van der Waals surface area contributed by atoms with E-state index >= 15 is 0 Å². The van der Waals surface area contributed by atoms with Crippen molar-refractivity contribution < 1.29 is 4.74 Å². The zero-order valence-electron chi connectivity index (χ0n) is 12.7. The zero-order valence-corrected chi connectivity index (χ0v) is 12.7. The Balaban J connectivity index is 2.01. The van der Waals surface area contributed by atoms with Crippen LogP contribution in [0.1, 0.15) is 22.4 Å². The number of benzene rings is 1. The highest BCUT2D eigenvalue weighted by atomic mass is 16.5. The average Bonchev–Trinajstić information content (AvgIpc) is 2.79. The molecule has 0 saturated carbocycles. The van der Waals surface area contributed by atoms with Gasteiger partial charge in [-0.05, 0) is 43.7 Å². The molecule has 4 heteroatoms. The van der Waals surface area contributed by atoms with Crippen LogP contribution in [0, 0.1) is 13.8 Å². The van der Waals surface area contributed by atoms with Crippen molar-refractivity contribution in [1.29, 1.82) is 0 Å². The summed E-state index contributed by atoms with van der Waals surface area (Å²) in [5.74, 6) is 1.01. The van der Waals surface area contributed by atoms with Crippen molar-refractivity contribution in [2.24, 2.45) is 7.05 Å². The number of ether oxygens (including phenoxy) is 1. The van der Waals surface area contributed by atoms with E-state index in [1.165, 1.54) is 22.4 Å². The van der Waals surface area contributed by atoms with Crippen LogP contribution in [0.4, 0.5) is 0 Å². The molecule has 0 aliphatic carbocycles. The molecule has 0 amide bonds. The number of nitrogens with one attached hydrogen (secondary N) is 1. The summed E-state index contributed by atoms with van der Waals surface area (Å²) in [7, 11) is 3.92. The Morgan fingerprint density at radius 2 is 1.95 bits per heavy atom. The van der Waals surface area contributed by atoms with Gasteiger partial charge in [-0.1, -0.05) is 12.1 Å². The van der Waals surface area contributed by atoms with Crippen molar-refractivity contribution in [3.05, 3.63) is 46.8 Å². The Morgan fingerprint density at radius 1 is 1.25 bits per heavy atom. The zero-order chi connectivity index (χ0) is 14.5. The first kappa shape index (κ1) is 14.6. The minimum Gasteiger partial charge on any atom is -0.493 e. The molecule has 0 saturated heterocycles. The number of aryl methyl sites for hydroxylation is 3. The molecule has 1 aromatic heterocycles. The second kappa shape index (κ2) is 6.57. The second-order valence-electron chi connectivity index (χ2n) is 5.13. The van der Waals surface area contributed by atoms with Gasteiger partial charge in [0.15, 0.2) is 0 Å². The van der Waals surface area contributed by atoms with Gasteiger partial charge in [0.2, 0.25) is 0 Å². The predicted molar refractivity (Wildman–Crippen MR) is 81.1 cm³/mol. The van der Waals surface area contributed by atoms with Crippen molar-refractivity contribution in [1.82, 2.24) is 15.1 Å². The molecule has 2 aromatic rings. The molecule has 0 atom stereocenters. The molecule has 2 rings (SSSR count). The van der Waals surface area contributed by atoms with Gasteiger partial charge in [-0.3, -0.25) is 4.68 Å². The third kappa shape index (κ3) is 3.39. The van der Waals surface area contributed by atoms with Gasteiger partial charge in [-0.2, -0.15) is 5.10 Å². The van der Waals surface area contributed by atoms with Crippen LogP contribution in [0.2, 0.25) is 0 Å². The maximum absolute atomic E-state index is 5.97. The summed E-state index contributed by atoms with van der Waals surface area (Å²) >= 11 is 0. The van der Waals surface area contributed by atoms with Crippen LogP contribution in [-0.2, 0) is 20.0 Å². The molecule has 0 spiro atoms. The largest absolute Gasteiger partial charge is 0.493 e. The van der Waals surface area contributed by atoms with Crippen molar-refractivity contribution in [3.63, 3.8) is 0 Å². The number of hydrogen-bond acceptors (Lipinski definition) is 3. The van der Waals surface area contributed by atoms with Crippen LogP contribution in [0.25, 0.3) is 0 Å². The van der Waals surface area contributed by atoms with Crippen LogP contribution in [0.15, 0.2) is 24.4 Å². The fraction of sp³-hybridized carbons (Fsp3) is 0.438. The highest BCUT2D eigenvalue weighted by molar-refractivity contribution is 5.43. The number of nitrogens with zero attached hydrogens (tertiary/aromatic N) is 2. The van der Waals surface area contributed by atoms with E-state index in [1.807, 2.05) is 31.0 Å². The van der Waals surface area contributed by atoms with Gasteiger partial charge in [0.1, 0.15) is 5.75 Å². The van der Waals surface area contributed by atoms with E-state index in [9.17, 15) is 0 Å². The molecule has 0 radical (unpaired) electrons. The Bertz CT molecular complexity index is 552. The molecule has 108 valence electrons. The molecule has 0 unspecified atom stereocenters. The second-order valence-corrected chi connectivity index (χ2v) is 5.13. The maximum atomic E-state index is 5.97. The lowest BCUT2D eigenvalue weighted by molar-refractivity contribution is 0.314. The monoisotopic (exact) mass is 273 g/mol. The van der Waals surface area contributed by atoms with Crippen molar-refractivity contribution in [3.8, 4) is 5.75 Å². The van der Waals surface area contributed by atoms with Gasteiger partial charge in [-0.25, -0.2) is 0 Å². The summed E-state index contributed by atoms with van der Waals surface area (Å²) < 4.78 is 7.86. The van der Waals surface area contributed by atoms with E-state index in [4.69, 9.17) is 4.74 Å². The Labute approximate surface area is 120 Å². The lowest BCUT2D eigenvalue weighted by Crippen LogP contribution is -2.09. The van der Waals surface area contributed by atoms with Crippen LogP contribution >= 0.6 is 0 Å². The van der Waals surface area contributed by atoms with Gasteiger partial charge >= 0.3 is 0 Å². The SMILES string of the molecule is CNCc1cc(C)c(OCCc2ccnn2C)c(C)c1. The molecular formula is C16H23N3O. The normalized spacial score (nSPS) is 10.8. The molecule has 4 nitrogen and oxygen atoms in total. The Hall–Kier alpha value is -1.81. The van der Waals surface area contributed by atoms with Gasteiger partial charge in [0.05, 0.1) is 6.61 Å². The third-order valence-corrected chi connectivity index (χ3v) is 3.43. The van der Waals surface area contributed by atoms with Gasteiger partial charge < -0.3 is 10.1 Å². The van der Waals surface area contributed by atoms with E-state index in [0.29, 0.717) is 6.61 Å². The van der Waals surface area contributed by atoms with Crippen LogP contribution in [0.3, 0.4) is 0 Å². The molecule has 1 heterocycles. The Kier molecular flexibility index (Phi) is 4.79. The molecule has 0 aliphatic heterocycles. The van der Waals surface area contributed by atoms with Gasteiger partial charge in [0.25, 0.3) is 0 Å². The van der Waals surface area contributed by atoms with E-state index in [1.54, 1.807) is 0 Å². The highest BCUT2D eigenvalue weighted by Crippen LogP contribution is 2.25. The summed E-state index contributed by atoms with van der Waals surface area (Å²) in [6.07, 6.45) is 2.69. The highest BCUT2D eigenvalue weighted by Gasteiger charge is 2.07. The van der Waals surface area contributed by atoms with E-state index in [2.05, 4.69) is 36.4 Å². The molecule has 0 aliphatic rings. The smallest absolute Gasteiger partial charge is 0.125 e. The van der Waals surface area contributed by atoms with Crippen molar-refractivity contribution in [2.75, 3.05) is 13.7 Å². The van der Waals surface area contributed by atoms with Crippen LogP contribution in [0.5, 0.6) is 5.75 Å². The molecule has 1 aromatic carbocycles. The number of aromatic nitrogens is 2. The fourth-order valence-corrected chi connectivity index (χ4v) is 2.48. The van der Waals surface area contributed by atoms with Crippen molar-refractivity contribution in [2.45, 2.75) is 26.8 Å². The molecular weight excluding hydrogens is 250 g/mol. The first-order chi connectivity index (χ1) is 9.61. The minimum absolute atomic E-state index is 0.673. The lowest BCUT2D eigenvalue weighted by Gasteiger charge is -2.14. The van der Waals surface area contributed by atoms with Gasteiger partial charge in [0, 0.05) is 31.9 Å². The number of rotatable bonds is 6. The summed E-state index contributed by atoms with van der Waals surface area (Å²) in [5, 5.41) is 7.34. The molecule has 1 N–H and O–H groups in total. The van der Waals surface area contributed by atoms with Crippen LogP contribution in [-0.4, -0.2) is 23.4 Å². The molecule has 0 fully saturated rings. The Morgan fingerprint density at radius 3 is 2.50 bits per heavy atom. The average molecular weight is 273 g/mol. The van der Waals surface area contributed by atoms with E-state index in [0.717, 1.165) is 18.7 Å². The first-order valence-electron chi connectivity index (χ1n) is 6.96. The minimum atomic E-state index is 0.673. The standard InChI is InChI=1S/C16H23N3O/c1-12-9-14(11-17-3)10-13(2)16(12)20-8-6-15-5-7-18-19(15)4/h5,7,9-10,17H,6,8,11H2,1-4H3. The summed E-state index contributed by atoms with van der Waals surface area (Å²) in [6.45, 7) is 5.76. The van der Waals surface area contributed by atoms with Gasteiger partial charge in [-0.15, -0.1) is 0 Å².